The Hall–Kier alpha value is -1.84. The molecule has 1 heterocycles. The van der Waals surface area contributed by atoms with Crippen molar-refractivity contribution in [2.24, 2.45) is 0 Å². The molecule has 0 spiro atoms. The SMILES string of the molecule is CC1(C)NC(=O)C(c2ccc(-c3ccc(Cl)c(Cl)c3)cc2)C1=O. The van der Waals surface area contributed by atoms with Crippen molar-refractivity contribution in [2.75, 3.05) is 0 Å². The van der Waals surface area contributed by atoms with E-state index in [2.05, 4.69) is 5.32 Å². The smallest absolute Gasteiger partial charge is 0.235 e. The summed E-state index contributed by atoms with van der Waals surface area (Å²) in [6.45, 7) is 3.44. The van der Waals surface area contributed by atoms with E-state index < -0.39 is 11.5 Å². The summed E-state index contributed by atoms with van der Waals surface area (Å²) in [6, 6.07) is 12.8. The van der Waals surface area contributed by atoms with Gasteiger partial charge in [-0.05, 0) is 42.7 Å². The average molecular weight is 348 g/mol. The third-order valence-electron chi connectivity index (χ3n) is 4.07. The first-order valence-corrected chi connectivity index (χ1v) is 7.97. The molecule has 1 saturated heterocycles. The van der Waals surface area contributed by atoms with E-state index in [9.17, 15) is 9.59 Å². The van der Waals surface area contributed by atoms with Crippen LogP contribution >= 0.6 is 23.2 Å². The molecule has 1 aliphatic heterocycles. The zero-order chi connectivity index (χ0) is 16.8. The minimum absolute atomic E-state index is 0.107. The summed E-state index contributed by atoms with van der Waals surface area (Å²) >= 11 is 12.0. The van der Waals surface area contributed by atoms with Crippen LogP contribution in [0.3, 0.4) is 0 Å². The van der Waals surface area contributed by atoms with E-state index in [1.54, 1.807) is 38.1 Å². The number of rotatable bonds is 2. The highest BCUT2D eigenvalue weighted by Crippen LogP contribution is 2.32. The molecule has 1 amide bonds. The Bertz CT molecular complexity index is 797. The summed E-state index contributed by atoms with van der Waals surface area (Å²) in [4.78, 5) is 24.4. The molecule has 118 valence electrons. The molecule has 5 heteroatoms. The lowest BCUT2D eigenvalue weighted by atomic mass is 9.88. The van der Waals surface area contributed by atoms with Crippen LogP contribution in [0.2, 0.25) is 10.0 Å². The zero-order valence-electron chi connectivity index (χ0n) is 12.7. The third-order valence-corrected chi connectivity index (χ3v) is 4.81. The van der Waals surface area contributed by atoms with Gasteiger partial charge < -0.3 is 5.32 Å². The molecule has 0 aliphatic carbocycles. The Balaban J connectivity index is 1.92. The summed E-state index contributed by atoms with van der Waals surface area (Å²) in [5, 5.41) is 3.72. The number of hydrogen-bond acceptors (Lipinski definition) is 2. The highest BCUT2D eigenvalue weighted by Gasteiger charge is 2.46. The van der Waals surface area contributed by atoms with Gasteiger partial charge in [-0.25, -0.2) is 0 Å². The van der Waals surface area contributed by atoms with Gasteiger partial charge >= 0.3 is 0 Å². The summed E-state index contributed by atoms with van der Waals surface area (Å²) in [6.07, 6.45) is 0. The first-order valence-electron chi connectivity index (χ1n) is 7.21. The van der Waals surface area contributed by atoms with Gasteiger partial charge in [0.25, 0.3) is 0 Å². The van der Waals surface area contributed by atoms with Crippen LogP contribution in [-0.2, 0) is 9.59 Å². The number of benzene rings is 2. The number of ketones is 1. The predicted molar refractivity (Wildman–Crippen MR) is 91.9 cm³/mol. The Kier molecular flexibility index (Phi) is 3.95. The normalized spacial score (nSPS) is 19.7. The van der Waals surface area contributed by atoms with E-state index in [0.29, 0.717) is 15.6 Å². The Morgan fingerprint density at radius 1 is 0.913 bits per heavy atom. The molecule has 2 aromatic carbocycles. The molecule has 2 aromatic rings. The topological polar surface area (TPSA) is 46.2 Å². The molecule has 0 bridgehead atoms. The van der Waals surface area contributed by atoms with Gasteiger partial charge in [-0.15, -0.1) is 0 Å². The fraction of sp³-hybridized carbons (Fsp3) is 0.222. The largest absolute Gasteiger partial charge is 0.343 e. The quantitative estimate of drug-likeness (QED) is 0.826. The second kappa shape index (κ2) is 5.66. The number of nitrogens with one attached hydrogen (secondary N) is 1. The molecule has 1 unspecified atom stereocenters. The number of carbonyl (C=O) groups excluding carboxylic acids is 2. The fourth-order valence-electron chi connectivity index (χ4n) is 2.77. The lowest BCUT2D eigenvalue weighted by molar-refractivity contribution is -0.125. The van der Waals surface area contributed by atoms with Crippen molar-refractivity contribution in [3.8, 4) is 11.1 Å². The molecule has 0 aromatic heterocycles. The van der Waals surface area contributed by atoms with Crippen LogP contribution in [0.1, 0.15) is 25.3 Å². The van der Waals surface area contributed by atoms with Crippen molar-refractivity contribution in [2.45, 2.75) is 25.3 Å². The Morgan fingerprint density at radius 2 is 1.52 bits per heavy atom. The van der Waals surface area contributed by atoms with Gasteiger partial charge in [0.15, 0.2) is 5.78 Å². The van der Waals surface area contributed by atoms with Crippen LogP contribution in [-0.4, -0.2) is 17.2 Å². The van der Waals surface area contributed by atoms with Crippen molar-refractivity contribution in [3.63, 3.8) is 0 Å². The zero-order valence-corrected chi connectivity index (χ0v) is 14.2. The third kappa shape index (κ3) is 2.87. The standard InChI is InChI=1S/C18H15Cl2NO2/c1-18(2)16(22)15(17(23)21-18)11-5-3-10(4-6-11)12-7-8-13(19)14(20)9-12/h3-9,15H,1-2H3,(H,21,23). The maximum absolute atomic E-state index is 12.4. The molecule has 0 radical (unpaired) electrons. The van der Waals surface area contributed by atoms with E-state index in [1.165, 1.54) is 0 Å². The van der Waals surface area contributed by atoms with Gasteiger partial charge in [0.2, 0.25) is 5.91 Å². The van der Waals surface area contributed by atoms with Crippen LogP contribution in [0.25, 0.3) is 11.1 Å². The molecule has 23 heavy (non-hydrogen) atoms. The number of hydrogen-bond donors (Lipinski definition) is 1. The number of carbonyl (C=O) groups is 2. The molecule has 1 fully saturated rings. The monoisotopic (exact) mass is 347 g/mol. The highest BCUT2D eigenvalue weighted by molar-refractivity contribution is 6.42. The average Bonchev–Trinajstić information content (AvgIpc) is 2.70. The van der Waals surface area contributed by atoms with Crippen molar-refractivity contribution in [1.29, 1.82) is 0 Å². The molecule has 1 N–H and O–H groups in total. The number of halogens is 2. The van der Waals surface area contributed by atoms with E-state index in [-0.39, 0.29) is 11.7 Å². The van der Waals surface area contributed by atoms with E-state index in [1.807, 2.05) is 18.2 Å². The summed E-state index contributed by atoms with van der Waals surface area (Å²) in [7, 11) is 0. The van der Waals surface area contributed by atoms with Gasteiger partial charge in [-0.2, -0.15) is 0 Å². The molecule has 3 rings (SSSR count). The van der Waals surface area contributed by atoms with Crippen molar-refractivity contribution < 1.29 is 9.59 Å². The molecule has 3 nitrogen and oxygen atoms in total. The minimum Gasteiger partial charge on any atom is -0.343 e. The number of amides is 1. The predicted octanol–water partition coefficient (Wildman–Crippen LogP) is 4.22. The first-order chi connectivity index (χ1) is 10.8. The summed E-state index contributed by atoms with van der Waals surface area (Å²) in [5.41, 5.74) is 1.75. The Labute approximate surface area is 144 Å². The van der Waals surface area contributed by atoms with Crippen molar-refractivity contribution in [3.05, 3.63) is 58.1 Å². The van der Waals surface area contributed by atoms with E-state index >= 15 is 0 Å². The second-order valence-corrected chi connectivity index (χ2v) is 6.98. The van der Waals surface area contributed by atoms with E-state index in [4.69, 9.17) is 23.2 Å². The summed E-state index contributed by atoms with van der Waals surface area (Å²) in [5.74, 6) is -1.10. The first kappa shape index (κ1) is 16.0. The van der Waals surface area contributed by atoms with Gasteiger partial charge in [0, 0.05) is 0 Å². The van der Waals surface area contributed by atoms with Crippen molar-refractivity contribution in [1.82, 2.24) is 5.32 Å². The van der Waals surface area contributed by atoms with E-state index in [0.717, 1.165) is 11.1 Å². The van der Waals surface area contributed by atoms with Gasteiger partial charge in [0.1, 0.15) is 5.92 Å². The van der Waals surface area contributed by atoms with Gasteiger partial charge in [0.05, 0.1) is 15.6 Å². The molecular formula is C18H15Cl2NO2. The molecular weight excluding hydrogens is 333 g/mol. The molecule has 0 saturated carbocycles. The van der Waals surface area contributed by atoms with Crippen LogP contribution in [0.15, 0.2) is 42.5 Å². The lowest BCUT2D eigenvalue weighted by Gasteiger charge is -2.15. The Morgan fingerprint density at radius 3 is 2.04 bits per heavy atom. The lowest BCUT2D eigenvalue weighted by Crippen LogP contribution is -2.39. The highest BCUT2D eigenvalue weighted by atomic mass is 35.5. The van der Waals surface area contributed by atoms with Crippen LogP contribution in [0.5, 0.6) is 0 Å². The molecule has 1 aliphatic rings. The van der Waals surface area contributed by atoms with Gasteiger partial charge in [-0.3, -0.25) is 9.59 Å². The van der Waals surface area contributed by atoms with Crippen molar-refractivity contribution >= 4 is 34.9 Å². The van der Waals surface area contributed by atoms with Crippen LogP contribution in [0, 0.1) is 0 Å². The fourth-order valence-corrected chi connectivity index (χ4v) is 3.07. The maximum Gasteiger partial charge on any atom is 0.235 e. The maximum atomic E-state index is 12.4. The van der Waals surface area contributed by atoms with Crippen LogP contribution < -0.4 is 5.32 Å². The summed E-state index contributed by atoms with van der Waals surface area (Å²) < 4.78 is 0. The second-order valence-electron chi connectivity index (χ2n) is 6.16. The molecule has 1 atom stereocenters. The van der Waals surface area contributed by atoms with Crippen LogP contribution in [0.4, 0.5) is 0 Å². The van der Waals surface area contributed by atoms with Gasteiger partial charge in [-0.1, -0.05) is 53.5 Å². The number of Topliss-reactive ketones (excluding diaryl/α,β-unsaturated/α-hetero) is 1. The minimum atomic E-state index is -0.815.